The number of ether oxygens (including phenoxy) is 1. The number of hydrogen-bond donors (Lipinski definition) is 1. The zero-order chi connectivity index (χ0) is 14.6. The quantitative estimate of drug-likeness (QED) is 0.886. The van der Waals surface area contributed by atoms with E-state index in [0.717, 1.165) is 5.75 Å². The first-order chi connectivity index (χ1) is 9.46. The predicted octanol–water partition coefficient (Wildman–Crippen LogP) is 3.52. The summed E-state index contributed by atoms with van der Waals surface area (Å²) in [7, 11) is 0. The third-order valence-corrected chi connectivity index (χ3v) is 3.30. The fourth-order valence-electron chi connectivity index (χ4n) is 1.91. The third-order valence-electron chi connectivity index (χ3n) is 3.05. The summed E-state index contributed by atoms with van der Waals surface area (Å²) in [6.45, 7) is 4.63. The van der Waals surface area contributed by atoms with Crippen molar-refractivity contribution in [2.24, 2.45) is 5.41 Å². The van der Waals surface area contributed by atoms with Crippen LogP contribution in [0.3, 0.4) is 0 Å². The van der Waals surface area contributed by atoms with E-state index in [1.54, 1.807) is 35.4 Å². The van der Waals surface area contributed by atoms with Gasteiger partial charge in [0, 0.05) is 29.3 Å². The summed E-state index contributed by atoms with van der Waals surface area (Å²) in [6, 6.07) is 7.27. The molecule has 0 amide bonds. The monoisotopic (exact) mass is 294 g/mol. The van der Waals surface area contributed by atoms with E-state index >= 15 is 0 Å². The van der Waals surface area contributed by atoms with E-state index in [4.69, 9.17) is 16.3 Å². The number of halogens is 1. The molecule has 1 heterocycles. The first-order valence-corrected chi connectivity index (χ1v) is 6.88. The van der Waals surface area contributed by atoms with E-state index in [2.05, 4.69) is 18.8 Å². The van der Waals surface area contributed by atoms with Crippen LogP contribution in [0.2, 0.25) is 5.02 Å². The van der Waals surface area contributed by atoms with Crippen LogP contribution in [0, 0.1) is 5.41 Å². The minimum atomic E-state index is -0.596. The van der Waals surface area contributed by atoms with Crippen molar-refractivity contribution < 1.29 is 9.84 Å². The minimum Gasteiger partial charge on any atom is -0.493 e. The second-order valence-corrected chi connectivity index (χ2v) is 6.04. The second kappa shape index (κ2) is 6.29. The summed E-state index contributed by atoms with van der Waals surface area (Å²) < 4.78 is 7.43. The van der Waals surface area contributed by atoms with Gasteiger partial charge in [0.15, 0.2) is 0 Å². The van der Waals surface area contributed by atoms with E-state index in [0.29, 0.717) is 18.1 Å². The Morgan fingerprint density at radius 1 is 1.35 bits per heavy atom. The van der Waals surface area contributed by atoms with Gasteiger partial charge in [-0.25, -0.2) is 4.98 Å². The minimum absolute atomic E-state index is 0.163. The summed E-state index contributed by atoms with van der Waals surface area (Å²) in [6.07, 6.45) is 5.00. The van der Waals surface area contributed by atoms with Gasteiger partial charge in [0.2, 0.25) is 0 Å². The molecule has 0 aliphatic rings. The average Bonchev–Trinajstić information content (AvgIpc) is 2.91. The highest BCUT2D eigenvalue weighted by Gasteiger charge is 2.24. The van der Waals surface area contributed by atoms with Crippen molar-refractivity contribution in [2.45, 2.75) is 26.5 Å². The molecule has 0 radical (unpaired) electrons. The van der Waals surface area contributed by atoms with E-state index in [-0.39, 0.29) is 5.41 Å². The maximum atomic E-state index is 10.1. The van der Waals surface area contributed by atoms with Crippen LogP contribution in [0.15, 0.2) is 43.0 Å². The third kappa shape index (κ3) is 4.25. The van der Waals surface area contributed by atoms with Crippen LogP contribution in [-0.2, 0) is 0 Å². The lowest BCUT2D eigenvalue weighted by Crippen LogP contribution is -2.25. The molecular weight excluding hydrogens is 276 g/mol. The molecule has 0 fully saturated rings. The number of aliphatic hydroxyl groups excluding tert-OH is 1. The molecule has 4 nitrogen and oxygen atoms in total. The Hall–Kier alpha value is -1.52. The fraction of sp³-hybridized carbons (Fsp3) is 0.400. The molecule has 1 unspecified atom stereocenters. The van der Waals surface area contributed by atoms with Crippen molar-refractivity contribution in [3.63, 3.8) is 0 Å². The molecule has 0 bridgehead atoms. The van der Waals surface area contributed by atoms with Crippen LogP contribution in [0.25, 0.3) is 0 Å². The van der Waals surface area contributed by atoms with E-state index in [1.165, 1.54) is 0 Å². The summed E-state index contributed by atoms with van der Waals surface area (Å²) in [5.74, 6) is 0.777. The highest BCUT2D eigenvalue weighted by atomic mass is 35.5. The van der Waals surface area contributed by atoms with Crippen molar-refractivity contribution >= 4 is 11.6 Å². The molecular formula is C15H19ClN2O2. The molecule has 2 rings (SSSR count). The Morgan fingerprint density at radius 3 is 2.65 bits per heavy atom. The van der Waals surface area contributed by atoms with Crippen LogP contribution in [-0.4, -0.2) is 21.3 Å². The first-order valence-electron chi connectivity index (χ1n) is 6.50. The number of hydrogen-bond acceptors (Lipinski definition) is 3. The van der Waals surface area contributed by atoms with Gasteiger partial charge >= 0.3 is 0 Å². The summed E-state index contributed by atoms with van der Waals surface area (Å²) in [5.41, 5.74) is -0.163. The van der Waals surface area contributed by atoms with Gasteiger partial charge in [-0.1, -0.05) is 25.4 Å². The predicted molar refractivity (Wildman–Crippen MR) is 78.8 cm³/mol. The highest BCUT2D eigenvalue weighted by molar-refractivity contribution is 6.30. The molecule has 1 aromatic carbocycles. The van der Waals surface area contributed by atoms with Crippen molar-refractivity contribution in [2.75, 3.05) is 6.61 Å². The topological polar surface area (TPSA) is 47.3 Å². The van der Waals surface area contributed by atoms with Crippen molar-refractivity contribution in [3.8, 4) is 5.75 Å². The molecule has 0 aliphatic heterocycles. The maximum Gasteiger partial charge on any atom is 0.132 e. The number of rotatable bonds is 6. The number of benzene rings is 1. The Labute approximate surface area is 124 Å². The van der Waals surface area contributed by atoms with Crippen LogP contribution >= 0.6 is 11.6 Å². The summed E-state index contributed by atoms with van der Waals surface area (Å²) >= 11 is 5.83. The Balaban J connectivity index is 1.88. The van der Waals surface area contributed by atoms with Crippen molar-refractivity contribution in [3.05, 3.63) is 48.0 Å². The van der Waals surface area contributed by atoms with Gasteiger partial charge in [-0.2, -0.15) is 0 Å². The molecule has 20 heavy (non-hydrogen) atoms. The van der Waals surface area contributed by atoms with Crippen molar-refractivity contribution in [1.29, 1.82) is 0 Å². The number of aliphatic hydroxyl groups is 1. The lowest BCUT2D eigenvalue weighted by molar-refractivity contribution is 0.0345. The lowest BCUT2D eigenvalue weighted by atomic mass is 9.89. The average molecular weight is 295 g/mol. The number of imidazole rings is 1. The number of nitrogens with zero attached hydrogens (tertiary/aromatic N) is 2. The SMILES string of the molecule is CC(C)(COc1ccc(Cl)cc1)CC(O)n1ccnc1. The molecule has 5 heteroatoms. The molecule has 1 atom stereocenters. The van der Waals surface area contributed by atoms with Crippen LogP contribution < -0.4 is 4.74 Å². The molecule has 1 N–H and O–H groups in total. The molecule has 2 aromatic rings. The normalized spacial score (nSPS) is 13.2. The van der Waals surface area contributed by atoms with E-state index < -0.39 is 6.23 Å². The maximum absolute atomic E-state index is 10.1. The van der Waals surface area contributed by atoms with Gasteiger partial charge in [-0.3, -0.25) is 0 Å². The molecule has 0 saturated heterocycles. The van der Waals surface area contributed by atoms with Gasteiger partial charge in [0.25, 0.3) is 0 Å². The van der Waals surface area contributed by atoms with Crippen molar-refractivity contribution in [1.82, 2.24) is 9.55 Å². The van der Waals surface area contributed by atoms with E-state index in [9.17, 15) is 5.11 Å². The zero-order valence-electron chi connectivity index (χ0n) is 11.7. The van der Waals surface area contributed by atoms with Gasteiger partial charge in [-0.05, 0) is 24.3 Å². The standard InChI is InChI=1S/C15H19ClN2O2/c1-15(2,9-14(19)18-8-7-17-11-18)10-20-13-5-3-12(16)4-6-13/h3-8,11,14,19H,9-10H2,1-2H3. The summed E-state index contributed by atoms with van der Waals surface area (Å²) in [5, 5.41) is 10.8. The highest BCUT2D eigenvalue weighted by Crippen LogP contribution is 2.28. The smallest absolute Gasteiger partial charge is 0.132 e. The van der Waals surface area contributed by atoms with E-state index in [1.807, 2.05) is 12.1 Å². The van der Waals surface area contributed by atoms with Crippen LogP contribution in [0.1, 0.15) is 26.5 Å². The Kier molecular flexibility index (Phi) is 4.68. The Bertz CT molecular complexity index is 523. The first kappa shape index (κ1) is 14.9. The largest absolute Gasteiger partial charge is 0.493 e. The van der Waals surface area contributed by atoms with Gasteiger partial charge in [-0.15, -0.1) is 0 Å². The Morgan fingerprint density at radius 2 is 2.05 bits per heavy atom. The molecule has 108 valence electrons. The fourth-order valence-corrected chi connectivity index (χ4v) is 2.04. The van der Waals surface area contributed by atoms with Crippen LogP contribution in [0.4, 0.5) is 0 Å². The van der Waals surface area contributed by atoms with Gasteiger partial charge < -0.3 is 14.4 Å². The molecule has 1 aromatic heterocycles. The number of aromatic nitrogens is 2. The molecule has 0 spiro atoms. The molecule has 0 aliphatic carbocycles. The van der Waals surface area contributed by atoms with Crippen LogP contribution in [0.5, 0.6) is 5.75 Å². The molecule has 0 saturated carbocycles. The van der Waals surface area contributed by atoms with Gasteiger partial charge in [0.1, 0.15) is 12.0 Å². The summed E-state index contributed by atoms with van der Waals surface area (Å²) in [4.78, 5) is 3.93. The zero-order valence-corrected chi connectivity index (χ0v) is 12.4. The second-order valence-electron chi connectivity index (χ2n) is 5.60. The van der Waals surface area contributed by atoms with Gasteiger partial charge in [0.05, 0.1) is 12.9 Å². The lowest BCUT2D eigenvalue weighted by Gasteiger charge is -2.27.